The molecule has 0 saturated heterocycles. The van der Waals surface area contributed by atoms with E-state index in [1.165, 1.54) is 24.0 Å². The van der Waals surface area contributed by atoms with Crippen LogP contribution in [0.15, 0.2) is 36.4 Å². The Bertz CT molecular complexity index is 400. The number of benzene rings is 1. The van der Waals surface area contributed by atoms with Gasteiger partial charge in [0.1, 0.15) is 5.75 Å². The van der Waals surface area contributed by atoms with E-state index < -0.39 is 0 Å². The molecule has 0 radical (unpaired) electrons. The summed E-state index contributed by atoms with van der Waals surface area (Å²) in [5.41, 5.74) is 2.83. The van der Waals surface area contributed by atoms with Crippen LogP contribution in [0.2, 0.25) is 0 Å². The molecule has 1 aliphatic rings. The molecular formula is C18H26O. The highest BCUT2D eigenvalue weighted by Gasteiger charge is 2.22. The molecule has 1 fully saturated rings. The van der Waals surface area contributed by atoms with Crippen LogP contribution in [0.5, 0.6) is 5.75 Å². The minimum Gasteiger partial charge on any atom is -0.494 e. The van der Waals surface area contributed by atoms with Crippen LogP contribution in [0.3, 0.4) is 0 Å². The summed E-state index contributed by atoms with van der Waals surface area (Å²) >= 11 is 0. The van der Waals surface area contributed by atoms with Crippen LogP contribution in [0.1, 0.15) is 57.4 Å². The molecule has 0 N–H and O–H groups in total. The van der Waals surface area contributed by atoms with Gasteiger partial charge in [-0.05, 0) is 61.6 Å². The molecule has 0 aromatic heterocycles. The zero-order valence-corrected chi connectivity index (χ0v) is 12.3. The fourth-order valence-corrected chi connectivity index (χ4v) is 2.56. The predicted octanol–water partition coefficient (Wildman–Crippen LogP) is 5.33. The topological polar surface area (TPSA) is 9.23 Å². The Labute approximate surface area is 117 Å². The molecular weight excluding hydrogens is 232 g/mol. The predicted molar refractivity (Wildman–Crippen MR) is 81.7 cm³/mol. The Morgan fingerprint density at radius 2 is 1.95 bits per heavy atom. The first-order valence-corrected chi connectivity index (χ1v) is 7.65. The third-order valence-corrected chi connectivity index (χ3v) is 4.19. The molecule has 1 atom stereocenters. The molecule has 0 amide bonds. The summed E-state index contributed by atoms with van der Waals surface area (Å²) in [6.45, 7) is 9.36. The molecule has 0 bridgehead atoms. The molecule has 1 aromatic carbocycles. The highest BCUT2D eigenvalue weighted by Crippen LogP contribution is 2.40. The summed E-state index contributed by atoms with van der Waals surface area (Å²) < 4.78 is 5.85. The van der Waals surface area contributed by atoms with Gasteiger partial charge in [0, 0.05) is 0 Å². The van der Waals surface area contributed by atoms with Crippen molar-refractivity contribution in [3.63, 3.8) is 0 Å². The van der Waals surface area contributed by atoms with Crippen LogP contribution in [-0.4, -0.2) is 6.61 Å². The van der Waals surface area contributed by atoms with Gasteiger partial charge >= 0.3 is 0 Å². The first kappa shape index (κ1) is 14.2. The van der Waals surface area contributed by atoms with Gasteiger partial charge in [0.25, 0.3) is 0 Å². The van der Waals surface area contributed by atoms with Crippen molar-refractivity contribution in [1.82, 2.24) is 0 Å². The SMILES string of the molecule is C=C(CC)C(CC)CCOc1ccc(C2CC2)cc1. The van der Waals surface area contributed by atoms with Crippen molar-refractivity contribution in [3.05, 3.63) is 42.0 Å². The lowest BCUT2D eigenvalue weighted by molar-refractivity contribution is 0.285. The summed E-state index contributed by atoms with van der Waals surface area (Å²) in [5, 5.41) is 0. The van der Waals surface area contributed by atoms with E-state index in [1.54, 1.807) is 0 Å². The first-order valence-electron chi connectivity index (χ1n) is 7.65. The van der Waals surface area contributed by atoms with Crippen molar-refractivity contribution in [2.75, 3.05) is 6.61 Å². The lowest BCUT2D eigenvalue weighted by atomic mass is 9.93. The van der Waals surface area contributed by atoms with Gasteiger partial charge < -0.3 is 4.74 Å². The van der Waals surface area contributed by atoms with Crippen LogP contribution in [0.25, 0.3) is 0 Å². The number of allylic oxidation sites excluding steroid dienone is 1. The van der Waals surface area contributed by atoms with Crippen molar-refractivity contribution in [2.45, 2.75) is 51.9 Å². The van der Waals surface area contributed by atoms with Crippen LogP contribution < -0.4 is 4.74 Å². The monoisotopic (exact) mass is 258 g/mol. The fraction of sp³-hybridized carbons (Fsp3) is 0.556. The molecule has 104 valence electrons. The van der Waals surface area contributed by atoms with Crippen molar-refractivity contribution in [2.24, 2.45) is 5.92 Å². The Morgan fingerprint density at radius 3 is 2.47 bits per heavy atom. The largest absolute Gasteiger partial charge is 0.494 e. The summed E-state index contributed by atoms with van der Waals surface area (Å²) in [6, 6.07) is 8.66. The van der Waals surface area contributed by atoms with E-state index in [1.807, 2.05) is 0 Å². The van der Waals surface area contributed by atoms with E-state index in [0.29, 0.717) is 5.92 Å². The second-order valence-electron chi connectivity index (χ2n) is 5.60. The van der Waals surface area contributed by atoms with Crippen LogP contribution in [0.4, 0.5) is 0 Å². The quantitative estimate of drug-likeness (QED) is 0.573. The van der Waals surface area contributed by atoms with Gasteiger partial charge in [-0.1, -0.05) is 38.1 Å². The zero-order valence-electron chi connectivity index (χ0n) is 12.3. The standard InChI is InChI=1S/C18H26O/c1-4-14(3)15(5-2)12-13-19-18-10-8-17(9-11-18)16-6-7-16/h8-11,15-16H,3-7,12-13H2,1-2H3. The summed E-state index contributed by atoms with van der Waals surface area (Å²) in [6.07, 6.45) is 6.04. The maximum atomic E-state index is 5.85. The summed E-state index contributed by atoms with van der Waals surface area (Å²) in [5.74, 6) is 2.43. The number of rotatable bonds is 8. The van der Waals surface area contributed by atoms with Gasteiger partial charge in [0.05, 0.1) is 6.61 Å². The molecule has 1 aliphatic carbocycles. The Morgan fingerprint density at radius 1 is 1.26 bits per heavy atom. The van der Waals surface area contributed by atoms with Crippen molar-refractivity contribution >= 4 is 0 Å². The molecule has 0 heterocycles. The van der Waals surface area contributed by atoms with E-state index >= 15 is 0 Å². The van der Waals surface area contributed by atoms with Crippen LogP contribution in [-0.2, 0) is 0 Å². The molecule has 1 unspecified atom stereocenters. The maximum Gasteiger partial charge on any atom is 0.119 e. The first-order chi connectivity index (χ1) is 9.24. The number of ether oxygens (including phenoxy) is 1. The molecule has 1 nitrogen and oxygen atoms in total. The second kappa shape index (κ2) is 6.79. The summed E-state index contributed by atoms with van der Waals surface area (Å²) in [7, 11) is 0. The van der Waals surface area contributed by atoms with Gasteiger partial charge in [-0.3, -0.25) is 0 Å². The molecule has 1 aromatic rings. The third-order valence-electron chi connectivity index (χ3n) is 4.19. The Balaban J connectivity index is 1.76. The Hall–Kier alpha value is -1.24. The van der Waals surface area contributed by atoms with Crippen molar-refractivity contribution in [1.29, 1.82) is 0 Å². The highest BCUT2D eigenvalue weighted by atomic mass is 16.5. The van der Waals surface area contributed by atoms with Crippen molar-refractivity contribution in [3.8, 4) is 5.75 Å². The van der Waals surface area contributed by atoms with Gasteiger partial charge in [-0.25, -0.2) is 0 Å². The van der Waals surface area contributed by atoms with E-state index in [0.717, 1.165) is 37.5 Å². The molecule has 0 aliphatic heterocycles. The third kappa shape index (κ3) is 4.12. The minimum atomic E-state index is 0.607. The zero-order chi connectivity index (χ0) is 13.7. The number of hydrogen-bond acceptors (Lipinski definition) is 1. The molecule has 19 heavy (non-hydrogen) atoms. The molecule has 2 rings (SSSR count). The summed E-state index contributed by atoms with van der Waals surface area (Å²) in [4.78, 5) is 0. The van der Waals surface area contributed by atoms with Crippen LogP contribution >= 0.6 is 0 Å². The van der Waals surface area contributed by atoms with Gasteiger partial charge in [0.2, 0.25) is 0 Å². The average molecular weight is 258 g/mol. The molecule has 1 saturated carbocycles. The smallest absolute Gasteiger partial charge is 0.119 e. The maximum absolute atomic E-state index is 5.85. The second-order valence-corrected chi connectivity index (χ2v) is 5.60. The van der Waals surface area contributed by atoms with Crippen LogP contribution in [0, 0.1) is 5.92 Å². The molecule has 0 spiro atoms. The van der Waals surface area contributed by atoms with E-state index in [-0.39, 0.29) is 0 Å². The van der Waals surface area contributed by atoms with Gasteiger partial charge in [0.15, 0.2) is 0 Å². The average Bonchev–Trinajstić information content (AvgIpc) is 3.28. The molecule has 1 heteroatoms. The Kier molecular flexibility index (Phi) is 5.07. The van der Waals surface area contributed by atoms with E-state index in [4.69, 9.17) is 4.74 Å². The van der Waals surface area contributed by atoms with E-state index in [9.17, 15) is 0 Å². The lowest BCUT2D eigenvalue weighted by Crippen LogP contribution is -2.08. The highest BCUT2D eigenvalue weighted by molar-refractivity contribution is 5.31. The lowest BCUT2D eigenvalue weighted by Gasteiger charge is -2.17. The van der Waals surface area contributed by atoms with E-state index in [2.05, 4.69) is 44.7 Å². The fourth-order valence-electron chi connectivity index (χ4n) is 2.56. The minimum absolute atomic E-state index is 0.607. The van der Waals surface area contributed by atoms with Gasteiger partial charge in [-0.2, -0.15) is 0 Å². The number of hydrogen-bond donors (Lipinski definition) is 0. The van der Waals surface area contributed by atoms with Gasteiger partial charge in [-0.15, -0.1) is 0 Å². The normalized spacial score (nSPS) is 16.1. The van der Waals surface area contributed by atoms with Crippen molar-refractivity contribution < 1.29 is 4.74 Å².